The van der Waals surface area contributed by atoms with E-state index < -0.39 is 0 Å². The Morgan fingerprint density at radius 3 is 2.50 bits per heavy atom. The smallest absolute Gasteiger partial charge is 0.268 e. The summed E-state index contributed by atoms with van der Waals surface area (Å²) in [4.78, 5) is 30.2. The lowest BCUT2D eigenvalue weighted by Crippen LogP contribution is -2.37. The third-order valence-corrected chi connectivity index (χ3v) is 6.15. The average Bonchev–Trinajstić information content (AvgIpc) is 3.20. The summed E-state index contributed by atoms with van der Waals surface area (Å²) in [6, 6.07) is 18.1. The Labute approximate surface area is 188 Å². The van der Waals surface area contributed by atoms with Crippen LogP contribution in [0.25, 0.3) is 33.1 Å². The molecule has 32 heavy (non-hydrogen) atoms. The van der Waals surface area contributed by atoms with Gasteiger partial charge in [-0.1, -0.05) is 42.5 Å². The van der Waals surface area contributed by atoms with Crippen LogP contribution in [0.2, 0.25) is 0 Å². The molecule has 0 unspecified atom stereocenters. The number of aromatic nitrogens is 5. The van der Waals surface area contributed by atoms with Gasteiger partial charge in [-0.25, -0.2) is 4.79 Å². The van der Waals surface area contributed by atoms with Gasteiger partial charge in [0, 0.05) is 25.0 Å². The third kappa shape index (κ3) is 3.23. The van der Waals surface area contributed by atoms with Crippen molar-refractivity contribution in [1.82, 2.24) is 23.9 Å². The van der Waals surface area contributed by atoms with Crippen molar-refractivity contribution >= 4 is 33.6 Å². The fourth-order valence-electron chi connectivity index (χ4n) is 4.12. The van der Waals surface area contributed by atoms with Gasteiger partial charge in [0.25, 0.3) is 5.56 Å². The first-order valence-electron chi connectivity index (χ1n) is 10.2. The molecule has 0 saturated heterocycles. The molecule has 0 fully saturated rings. The number of nitrogens with zero attached hydrogens (tertiary/aromatic N) is 5. The molecule has 0 aliphatic rings. The number of benzene rings is 2. The van der Waals surface area contributed by atoms with Crippen LogP contribution < -0.4 is 11.2 Å². The lowest BCUT2D eigenvalue weighted by Gasteiger charge is -2.10. The van der Waals surface area contributed by atoms with E-state index in [0.717, 1.165) is 26.5 Å². The maximum atomic E-state index is 13.3. The Hall–Kier alpha value is -3.65. The van der Waals surface area contributed by atoms with Gasteiger partial charge in [0.1, 0.15) is 5.39 Å². The molecular weight excluding hydrogens is 422 g/mol. The van der Waals surface area contributed by atoms with Crippen LogP contribution in [0.1, 0.15) is 5.56 Å². The van der Waals surface area contributed by atoms with Gasteiger partial charge in [-0.2, -0.15) is 5.10 Å². The molecular formula is C24H21N5O2S. The van der Waals surface area contributed by atoms with Crippen LogP contribution in [-0.2, 0) is 19.5 Å². The van der Waals surface area contributed by atoms with Crippen LogP contribution >= 0.6 is 11.8 Å². The van der Waals surface area contributed by atoms with E-state index in [1.165, 1.54) is 18.8 Å². The molecule has 0 atom stereocenters. The van der Waals surface area contributed by atoms with E-state index in [4.69, 9.17) is 5.10 Å². The SMILES string of the molecule is CSCn1c(=O)n(C)c(=O)c2c(-c3ccncc3)n(Cc3cccc4ccccc34)nc21. The summed E-state index contributed by atoms with van der Waals surface area (Å²) in [6.45, 7) is 0.463. The Morgan fingerprint density at radius 2 is 1.72 bits per heavy atom. The zero-order chi connectivity index (χ0) is 22.2. The number of thioether (sulfide) groups is 1. The number of hydrogen-bond acceptors (Lipinski definition) is 5. The quantitative estimate of drug-likeness (QED) is 0.416. The normalized spacial score (nSPS) is 11.4. The molecule has 0 amide bonds. The van der Waals surface area contributed by atoms with Gasteiger partial charge in [-0.15, -0.1) is 11.8 Å². The van der Waals surface area contributed by atoms with Gasteiger partial charge in [0.05, 0.1) is 18.1 Å². The molecule has 3 heterocycles. The molecule has 0 N–H and O–H groups in total. The molecule has 2 aromatic carbocycles. The summed E-state index contributed by atoms with van der Waals surface area (Å²) in [5.74, 6) is 0.407. The van der Waals surface area contributed by atoms with E-state index in [9.17, 15) is 9.59 Å². The maximum absolute atomic E-state index is 13.3. The van der Waals surface area contributed by atoms with Gasteiger partial charge in [0.2, 0.25) is 0 Å². The third-order valence-electron chi connectivity index (χ3n) is 5.64. The second-order valence-corrected chi connectivity index (χ2v) is 8.41. The maximum Gasteiger partial charge on any atom is 0.333 e. The highest BCUT2D eigenvalue weighted by Crippen LogP contribution is 2.28. The number of fused-ring (bicyclic) bond motifs is 2. The first-order valence-corrected chi connectivity index (χ1v) is 11.6. The summed E-state index contributed by atoms with van der Waals surface area (Å²) >= 11 is 1.50. The molecule has 8 heteroatoms. The van der Waals surface area contributed by atoms with Crippen molar-refractivity contribution in [2.45, 2.75) is 12.4 Å². The van der Waals surface area contributed by atoms with Crippen LogP contribution in [0, 0.1) is 0 Å². The van der Waals surface area contributed by atoms with Crippen LogP contribution in [0.15, 0.2) is 76.6 Å². The zero-order valence-corrected chi connectivity index (χ0v) is 18.5. The Morgan fingerprint density at radius 1 is 0.969 bits per heavy atom. The molecule has 0 bridgehead atoms. The lowest BCUT2D eigenvalue weighted by molar-refractivity contribution is 0.675. The standard InChI is InChI=1S/C24H21N5O2S/c1-27-23(30)20-21(17-10-12-25-13-11-17)29(26-22(20)28(15-32-2)24(27)31)14-18-8-5-7-16-6-3-4-9-19(16)18/h3-13H,14-15H2,1-2H3. The van der Waals surface area contributed by atoms with Crippen molar-refractivity contribution in [3.05, 3.63) is 93.4 Å². The minimum Gasteiger partial charge on any atom is -0.268 e. The van der Waals surface area contributed by atoms with Gasteiger partial charge in [-0.05, 0) is 34.7 Å². The monoisotopic (exact) mass is 443 g/mol. The summed E-state index contributed by atoms with van der Waals surface area (Å²) in [7, 11) is 1.51. The molecule has 0 radical (unpaired) electrons. The fourth-order valence-corrected chi connectivity index (χ4v) is 4.61. The highest BCUT2D eigenvalue weighted by Gasteiger charge is 2.22. The van der Waals surface area contributed by atoms with Gasteiger partial charge < -0.3 is 0 Å². The average molecular weight is 444 g/mol. The van der Waals surface area contributed by atoms with E-state index in [-0.39, 0.29) is 11.2 Å². The van der Waals surface area contributed by atoms with Crippen molar-refractivity contribution in [1.29, 1.82) is 0 Å². The van der Waals surface area contributed by atoms with E-state index in [1.807, 2.05) is 41.3 Å². The number of hydrogen-bond donors (Lipinski definition) is 0. The van der Waals surface area contributed by atoms with Crippen LogP contribution in [-0.4, -0.2) is 30.2 Å². The molecule has 5 rings (SSSR count). The van der Waals surface area contributed by atoms with Gasteiger partial charge >= 0.3 is 5.69 Å². The minimum absolute atomic E-state index is 0.349. The van der Waals surface area contributed by atoms with Crippen molar-refractivity contribution in [2.24, 2.45) is 7.05 Å². The second-order valence-electron chi connectivity index (χ2n) is 7.57. The van der Waals surface area contributed by atoms with Crippen LogP contribution in [0.4, 0.5) is 0 Å². The van der Waals surface area contributed by atoms with Crippen LogP contribution in [0.3, 0.4) is 0 Å². The van der Waals surface area contributed by atoms with E-state index in [2.05, 4.69) is 29.2 Å². The van der Waals surface area contributed by atoms with Gasteiger partial charge in [-0.3, -0.25) is 23.6 Å². The van der Waals surface area contributed by atoms with Crippen molar-refractivity contribution in [3.8, 4) is 11.3 Å². The molecule has 160 valence electrons. The topological polar surface area (TPSA) is 74.7 Å². The Kier molecular flexibility index (Phi) is 5.14. The second kappa shape index (κ2) is 8.12. The largest absolute Gasteiger partial charge is 0.333 e. The first-order chi connectivity index (χ1) is 15.6. The predicted octanol–water partition coefficient (Wildman–Crippen LogP) is 3.48. The van der Waals surface area contributed by atoms with Gasteiger partial charge in [0.15, 0.2) is 5.65 Å². The summed E-state index contributed by atoms with van der Waals surface area (Å²) < 4.78 is 4.55. The fraction of sp³-hybridized carbons (Fsp3) is 0.167. The van der Waals surface area contributed by atoms with Crippen molar-refractivity contribution in [2.75, 3.05) is 6.26 Å². The van der Waals surface area contributed by atoms with Crippen molar-refractivity contribution < 1.29 is 0 Å². The molecule has 0 aliphatic heterocycles. The summed E-state index contributed by atoms with van der Waals surface area (Å²) in [6.07, 6.45) is 5.30. The molecule has 5 aromatic rings. The molecule has 0 spiro atoms. The first kappa shape index (κ1) is 20.3. The number of rotatable bonds is 5. The van der Waals surface area contributed by atoms with E-state index in [0.29, 0.717) is 29.1 Å². The molecule has 3 aromatic heterocycles. The molecule has 0 aliphatic carbocycles. The highest BCUT2D eigenvalue weighted by atomic mass is 32.2. The minimum atomic E-state index is -0.368. The summed E-state index contributed by atoms with van der Waals surface area (Å²) in [5.41, 5.74) is 2.28. The van der Waals surface area contributed by atoms with Crippen LogP contribution in [0.5, 0.6) is 0 Å². The lowest BCUT2D eigenvalue weighted by atomic mass is 10.0. The Balaban J connectivity index is 1.84. The zero-order valence-electron chi connectivity index (χ0n) is 17.7. The Bertz CT molecular complexity index is 1560. The number of pyridine rings is 1. The highest BCUT2D eigenvalue weighted by molar-refractivity contribution is 7.97. The summed E-state index contributed by atoms with van der Waals surface area (Å²) in [5, 5.41) is 7.51. The van der Waals surface area contributed by atoms with E-state index >= 15 is 0 Å². The van der Waals surface area contributed by atoms with E-state index in [1.54, 1.807) is 17.0 Å². The predicted molar refractivity (Wildman–Crippen MR) is 129 cm³/mol. The molecule has 0 saturated carbocycles. The molecule has 7 nitrogen and oxygen atoms in total. The van der Waals surface area contributed by atoms with Crippen molar-refractivity contribution in [3.63, 3.8) is 0 Å².